The summed E-state index contributed by atoms with van der Waals surface area (Å²) in [5.74, 6) is -1.84. The van der Waals surface area contributed by atoms with Gasteiger partial charge in [0.15, 0.2) is 0 Å². The van der Waals surface area contributed by atoms with Crippen molar-refractivity contribution in [2.24, 2.45) is 0 Å². The van der Waals surface area contributed by atoms with Crippen LogP contribution in [0.4, 0.5) is 17.6 Å². The molecular formula is C15H12F4NOY-. The SMILES string of the molecule is C=C1C=C[C-]=C(c2c(F)cc(OC)cc2F)N1CC(F)F.[Y]. The zero-order valence-electron chi connectivity index (χ0n) is 11.7. The average Bonchev–Trinajstić information content (AvgIpc) is 2.41. The number of methoxy groups -OCH3 is 1. The molecule has 22 heavy (non-hydrogen) atoms. The molecule has 0 fully saturated rings. The Morgan fingerprint density at radius 2 is 1.86 bits per heavy atom. The van der Waals surface area contributed by atoms with E-state index in [-0.39, 0.29) is 49.9 Å². The number of rotatable bonds is 4. The number of nitrogens with zero attached hydrogens (tertiary/aromatic N) is 1. The third-order valence-electron chi connectivity index (χ3n) is 2.92. The zero-order valence-corrected chi connectivity index (χ0v) is 14.6. The van der Waals surface area contributed by atoms with E-state index < -0.39 is 30.2 Å². The van der Waals surface area contributed by atoms with Gasteiger partial charge in [-0.15, -0.1) is 6.08 Å². The summed E-state index contributed by atoms with van der Waals surface area (Å²) in [7, 11) is 1.27. The van der Waals surface area contributed by atoms with Gasteiger partial charge in [-0.05, 0) is 11.3 Å². The summed E-state index contributed by atoms with van der Waals surface area (Å²) < 4.78 is 58.2. The summed E-state index contributed by atoms with van der Waals surface area (Å²) in [6.07, 6.45) is 2.72. The van der Waals surface area contributed by atoms with Gasteiger partial charge in [-0.1, -0.05) is 12.3 Å². The molecule has 0 aliphatic carbocycles. The molecule has 1 aliphatic heterocycles. The van der Waals surface area contributed by atoms with Crippen molar-refractivity contribution in [3.8, 4) is 5.75 Å². The van der Waals surface area contributed by atoms with Gasteiger partial charge >= 0.3 is 0 Å². The van der Waals surface area contributed by atoms with Crippen molar-refractivity contribution in [3.05, 3.63) is 59.8 Å². The van der Waals surface area contributed by atoms with Crippen LogP contribution in [-0.4, -0.2) is 25.0 Å². The maximum atomic E-state index is 14.1. The molecule has 1 aliphatic rings. The van der Waals surface area contributed by atoms with Crippen LogP contribution in [0.5, 0.6) is 5.75 Å². The van der Waals surface area contributed by atoms with Crippen LogP contribution in [-0.2, 0) is 32.7 Å². The predicted octanol–water partition coefficient (Wildman–Crippen LogP) is 3.77. The molecule has 0 saturated carbocycles. The Bertz CT molecular complexity index is 605. The first-order valence-corrected chi connectivity index (χ1v) is 6.02. The molecule has 1 radical (unpaired) electrons. The standard InChI is InChI=1S/C15H12F4NO.Y/c1-9-4-3-5-13(20(9)8-14(18)19)15-11(16)6-10(21-2)7-12(15)17;/h3-4,6-7,14H,1,8H2,2H3;/q-1;. The van der Waals surface area contributed by atoms with Gasteiger partial charge in [-0.3, -0.25) is 0 Å². The van der Waals surface area contributed by atoms with Crippen LogP contribution in [0.2, 0.25) is 0 Å². The fourth-order valence-corrected chi connectivity index (χ4v) is 1.98. The summed E-state index contributed by atoms with van der Waals surface area (Å²) in [6.45, 7) is 2.87. The van der Waals surface area contributed by atoms with Crippen molar-refractivity contribution in [2.75, 3.05) is 13.7 Å². The molecule has 0 saturated heterocycles. The Morgan fingerprint density at radius 3 is 2.36 bits per heavy atom. The molecule has 2 nitrogen and oxygen atoms in total. The second-order valence-corrected chi connectivity index (χ2v) is 4.29. The number of halogens is 4. The first-order valence-electron chi connectivity index (χ1n) is 6.02. The van der Waals surface area contributed by atoms with Gasteiger partial charge < -0.3 is 9.64 Å². The van der Waals surface area contributed by atoms with Gasteiger partial charge in [0.1, 0.15) is 5.75 Å². The number of benzene rings is 1. The van der Waals surface area contributed by atoms with Gasteiger partial charge in [-0.2, -0.15) is 12.2 Å². The quantitative estimate of drug-likeness (QED) is 0.576. The minimum Gasteiger partial charge on any atom is -0.497 e. The minimum atomic E-state index is -2.69. The molecule has 1 heterocycles. The molecule has 0 atom stereocenters. The Labute approximate surface area is 151 Å². The fraction of sp³-hybridized carbons (Fsp3) is 0.200. The van der Waals surface area contributed by atoms with Crippen molar-refractivity contribution in [1.82, 2.24) is 4.90 Å². The van der Waals surface area contributed by atoms with Gasteiger partial charge in [-0.25, -0.2) is 17.6 Å². The van der Waals surface area contributed by atoms with E-state index in [0.29, 0.717) is 0 Å². The van der Waals surface area contributed by atoms with Crippen LogP contribution < -0.4 is 4.74 Å². The molecule has 1 aromatic carbocycles. The van der Waals surface area contributed by atoms with E-state index in [9.17, 15) is 17.6 Å². The molecule has 115 valence electrons. The summed E-state index contributed by atoms with van der Waals surface area (Å²) in [5, 5.41) is 0. The zero-order chi connectivity index (χ0) is 15.6. The van der Waals surface area contributed by atoms with Crippen LogP contribution in [0, 0.1) is 17.7 Å². The molecule has 0 unspecified atom stereocenters. The normalized spacial score (nSPS) is 14.0. The van der Waals surface area contributed by atoms with E-state index in [4.69, 9.17) is 4.74 Å². The summed E-state index contributed by atoms with van der Waals surface area (Å²) in [5.41, 5.74) is -0.360. The van der Waals surface area contributed by atoms with Crippen molar-refractivity contribution >= 4 is 5.70 Å². The molecule has 0 amide bonds. The predicted molar refractivity (Wildman–Crippen MR) is 70.6 cm³/mol. The Hall–Kier alpha value is -1.14. The smallest absolute Gasteiger partial charge is 0.256 e. The minimum absolute atomic E-state index is 0. The maximum absolute atomic E-state index is 14.1. The van der Waals surface area contributed by atoms with Crippen LogP contribution in [0.15, 0.2) is 36.6 Å². The fourth-order valence-electron chi connectivity index (χ4n) is 1.98. The van der Waals surface area contributed by atoms with E-state index in [0.717, 1.165) is 17.0 Å². The number of allylic oxidation sites excluding steroid dienone is 3. The van der Waals surface area contributed by atoms with Gasteiger partial charge in [0.05, 0.1) is 25.3 Å². The third-order valence-corrected chi connectivity index (χ3v) is 2.92. The van der Waals surface area contributed by atoms with Crippen molar-refractivity contribution in [1.29, 1.82) is 0 Å². The molecule has 0 N–H and O–H groups in total. The molecule has 2 rings (SSSR count). The Balaban J connectivity index is 0.00000242. The molecule has 1 aromatic rings. The van der Waals surface area contributed by atoms with Crippen molar-refractivity contribution in [2.45, 2.75) is 6.43 Å². The molecule has 0 bridgehead atoms. The second kappa shape index (κ2) is 7.93. The molecule has 0 aromatic heterocycles. The summed E-state index contributed by atoms with van der Waals surface area (Å²) in [6, 6.07) is 1.96. The Kier molecular flexibility index (Phi) is 6.81. The number of ether oxygens (including phenoxy) is 1. The number of hydrogen-bond donors (Lipinski definition) is 0. The van der Waals surface area contributed by atoms with E-state index >= 15 is 0 Å². The Morgan fingerprint density at radius 1 is 1.27 bits per heavy atom. The summed E-state index contributed by atoms with van der Waals surface area (Å²) in [4.78, 5) is 1.03. The third kappa shape index (κ3) is 3.99. The maximum Gasteiger partial charge on any atom is 0.256 e. The van der Waals surface area contributed by atoms with Crippen LogP contribution >= 0.6 is 0 Å². The summed E-state index contributed by atoms with van der Waals surface area (Å²) >= 11 is 0. The molecular weight excluding hydrogens is 375 g/mol. The van der Waals surface area contributed by atoms with Crippen LogP contribution in [0.3, 0.4) is 0 Å². The first-order chi connectivity index (χ1) is 9.93. The molecule has 0 spiro atoms. The average molecular weight is 387 g/mol. The van der Waals surface area contributed by atoms with Gasteiger partial charge in [0.25, 0.3) is 6.43 Å². The van der Waals surface area contributed by atoms with E-state index in [1.807, 2.05) is 0 Å². The van der Waals surface area contributed by atoms with Gasteiger partial charge in [0.2, 0.25) is 0 Å². The molecule has 7 heteroatoms. The number of hydrogen-bond acceptors (Lipinski definition) is 2. The van der Waals surface area contributed by atoms with E-state index in [1.54, 1.807) is 0 Å². The monoisotopic (exact) mass is 387 g/mol. The van der Waals surface area contributed by atoms with Crippen LogP contribution in [0.25, 0.3) is 5.70 Å². The van der Waals surface area contributed by atoms with Gasteiger partial charge in [0, 0.05) is 44.8 Å². The largest absolute Gasteiger partial charge is 0.497 e. The van der Waals surface area contributed by atoms with Crippen molar-refractivity contribution in [3.63, 3.8) is 0 Å². The van der Waals surface area contributed by atoms with E-state index in [1.165, 1.54) is 19.3 Å². The topological polar surface area (TPSA) is 12.5 Å². The van der Waals surface area contributed by atoms with Crippen molar-refractivity contribution < 1.29 is 55.0 Å². The first kappa shape index (κ1) is 18.9. The van der Waals surface area contributed by atoms with Crippen LogP contribution in [0.1, 0.15) is 5.56 Å². The second-order valence-electron chi connectivity index (χ2n) is 4.29. The van der Waals surface area contributed by atoms with E-state index in [2.05, 4.69) is 12.7 Å². The number of alkyl halides is 2.